The molecule has 0 fully saturated rings. The summed E-state index contributed by atoms with van der Waals surface area (Å²) in [4.78, 5) is 11.7. The van der Waals surface area contributed by atoms with Crippen molar-refractivity contribution in [2.75, 3.05) is 11.8 Å². The van der Waals surface area contributed by atoms with Gasteiger partial charge in [0.25, 0.3) is 10.0 Å². The molecule has 7 heteroatoms. The molecule has 3 rings (SSSR count). The van der Waals surface area contributed by atoms with Gasteiger partial charge in [0.1, 0.15) is 9.77 Å². The smallest absolute Gasteiger partial charge is 0.349 e. The van der Waals surface area contributed by atoms with Crippen LogP contribution in [-0.4, -0.2) is 21.5 Å². The maximum absolute atomic E-state index is 12.8. The number of nitrogens with one attached hydrogen (secondary N) is 1. The first-order chi connectivity index (χ1) is 12.0. The molecule has 3 aromatic rings. The molecule has 0 aliphatic rings. The minimum atomic E-state index is -3.93. The molecular formula is C18H15NO4S2. The molecule has 0 aliphatic heterocycles. The molecule has 0 aliphatic carbocycles. The lowest BCUT2D eigenvalue weighted by atomic mass is 10.0. The van der Waals surface area contributed by atoms with Gasteiger partial charge >= 0.3 is 5.97 Å². The van der Waals surface area contributed by atoms with E-state index in [1.807, 2.05) is 42.5 Å². The third-order valence-corrected chi connectivity index (χ3v) is 5.98. The molecule has 0 saturated carbocycles. The molecule has 1 heterocycles. The van der Waals surface area contributed by atoms with Crippen molar-refractivity contribution in [3.05, 3.63) is 70.9 Å². The van der Waals surface area contributed by atoms with E-state index >= 15 is 0 Å². The van der Waals surface area contributed by atoms with Gasteiger partial charge < -0.3 is 4.74 Å². The second kappa shape index (κ2) is 7.08. The molecule has 1 N–H and O–H groups in total. The van der Waals surface area contributed by atoms with E-state index in [0.29, 0.717) is 5.69 Å². The van der Waals surface area contributed by atoms with Gasteiger partial charge in [0, 0.05) is 5.56 Å². The first-order valence-electron chi connectivity index (χ1n) is 7.36. The van der Waals surface area contributed by atoms with Crippen molar-refractivity contribution in [2.45, 2.75) is 4.90 Å². The highest BCUT2D eigenvalue weighted by Crippen LogP contribution is 2.31. The zero-order chi connectivity index (χ0) is 17.9. The molecule has 1 aromatic heterocycles. The first kappa shape index (κ1) is 17.2. The zero-order valence-corrected chi connectivity index (χ0v) is 14.9. The van der Waals surface area contributed by atoms with Crippen LogP contribution in [-0.2, 0) is 14.8 Å². The number of anilines is 1. The maximum atomic E-state index is 12.8. The summed E-state index contributed by atoms with van der Waals surface area (Å²) in [7, 11) is -2.71. The molecule has 2 aromatic carbocycles. The van der Waals surface area contributed by atoms with Gasteiger partial charge in [-0.05, 0) is 23.1 Å². The Kier molecular flexibility index (Phi) is 4.87. The number of sulfonamides is 1. The van der Waals surface area contributed by atoms with Gasteiger partial charge in [-0.25, -0.2) is 13.2 Å². The predicted molar refractivity (Wildman–Crippen MR) is 98.3 cm³/mol. The number of rotatable bonds is 5. The van der Waals surface area contributed by atoms with Crippen molar-refractivity contribution >= 4 is 33.0 Å². The van der Waals surface area contributed by atoms with E-state index in [1.54, 1.807) is 17.5 Å². The summed E-state index contributed by atoms with van der Waals surface area (Å²) in [6, 6.07) is 18.0. The zero-order valence-electron chi connectivity index (χ0n) is 13.3. The molecule has 0 unspecified atom stereocenters. The number of esters is 1. The van der Waals surface area contributed by atoms with Gasteiger partial charge in [0.05, 0.1) is 12.8 Å². The summed E-state index contributed by atoms with van der Waals surface area (Å²) < 4.78 is 32.8. The van der Waals surface area contributed by atoms with Crippen LogP contribution in [0.2, 0.25) is 0 Å². The number of methoxy groups -OCH3 is 1. The van der Waals surface area contributed by atoms with Crippen LogP contribution < -0.4 is 4.72 Å². The number of ether oxygens (including phenoxy) is 1. The fourth-order valence-corrected chi connectivity index (χ4v) is 4.81. The molecule has 0 bridgehead atoms. The Morgan fingerprint density at radius 1 is 1.00 bits per heavy atom. The second-order valence-electron chi connectivity index (χ2n) is 5.12. The van der Waals surface area contributed by atoms with Crippen LogP contribution in [0.15, 0.2) is 70.9 Å². The Bertz CT molecular complexity index is 995. The van der Waals surface area contributed by atoms with Crippen LogP contribution >= 0.6 is 11.3 Å². The quantitative estimate of drug-likeness (QED) is 0.686. The third kappa shape index (κ3) is 3.57. The van der Waals surface area contributed by atoms with E-state index in [1.165, 1.54) is 13.2 Å². The standard InChI is InChI=1S/C18H15NO4S2/c1-23-18(20)17-16(11-12-24-17)25(21,22)19-15-10-6-5-9-14(15)13-7-3-2-4-8-13/h2-12,19H,1H3. The Morgan fingerprint density at radius 3 is 2.40 bits per heavy atom. The SMILES string of the molecule is COC(=O)c1sccc1S(=O)(=O)Nc1ccccc1-c1ccccc1. The summed E-state index contributed by atoms with van der Waals surface area (Å²) in [6.45, 7) is 0. The van der Waals surface area contributed by atoms with E-state index < -0.39 is 16.0 Å². The number of benzene rings is 2. The number of para-hydroxylation sites is 1. The molecule has 25 heavy (non-hydrogen) atoms. The van der Waals surface area contributed by atoms with Crippen molar-refractivity contribution in [3.63, 3.8) is 0 Å². The highest BCUT2D eigenvalue weighted by Gasteiger charge is 2.25. The van der Waals surface area contributed by atoms with Crippen molar-refractivity contribution in [1.82, 2.24) is 0 Å². The van der Waals surface area contributed by atoms with Crippen LogP contribution in [0.1, 0.15) is 9.67 Å². The summed E-state index contributed by atoms with van der Waals surface area (Å²) in [6.07, 6.45) is 0. The van der Waals surface area contributed by atoms with Crippen LogP contribution in [0.4, 0.5) is 5.69 Å². The van der Waals surface area contributed by atoms with E-state index in [4.69, 9.17) is 0 Å². The molecule has 5 nitrogen and oxygen atoms in total. The maximum Gasteiger partial charge on any atom is 0.349 e. The number of carbonyl (C=O) groups is 1. The minimum Gasteiger partial charge on any atom is -0.465 e. The van der Waals surface area contributed by atoms with Crippen LogP contribution in [0.5, 0.6) is 0 Å². The van der Waals surface area contributed by atoms with Crippen molar-refractivity contribution < 1.29 is 17.9 Å². The number of hydrogen-bond donors (Lipinski definition) is 1. The predicted octanol–water partition coefficient (Wildman–Crippen LogP) is 4.00. The number of thiophene rings is 1. The number of hydrogen-bond acceptors (Lipinski definition) is 5. The van der Waals surface area contributed by atoms with Crippen molar-refractivity contribution in [2.24, 2.45) is 0 Å². The summed E-state index contributed by atoms with van der Waals surface area (Å²) in [5.74, 6) is -0.674. The van der Waals surface area contributed by atoms with Crippen molar-refractivity contribution in [3.8, 4) is 11.1 Å². The van der Waals surface area contributed by atoms with E-state index in [9.17, 15) is 13.2 Å². The lowest BCUT2D eigenvalue weighted by Gasteiger charge is -2.13. The van der Waals surface area contributed by atoms with Gasteiger partial charge in [-0.3, -0.25) is 4.72 Å². The topological polar surface area (TPSA) is 72.5 Å². The van der Waals surface area contributed by atoms with E-state index in [0.717, 1.165) is 22.5 Å². The van der Waals surface area contributed by atoms with Gasteiger partial charge in [0.15, 0.2) is 0 Å². The Labute approximate surface area is 150 Å². The molecule has 0 spiro atoms. The average molecular weight is 373 g/mol. The van der Waals surface area contributed by atoms with Gasteiger partial charge in [-0.15, -0.1) is 11.3 Å². The Morgan fingerprint density at radius 2 is 1.68 bits per heavy atom. The van der Waals surface area contributed by atoms with Gasteiger partial charge in [0.2, 0.25) is 0 Å². The average Bonchev–Trinajstić information content (AvgIpc) is 3.13. The van der Waals surface area contributed by atoms with Crippen LogP contribution in [0.3, 0.4) is 0 Å². The molecular weight excluding hydrogens is 358 g/mol. The van der Waals surface area contributed by atoms with Crippen LogP contribution in [0.25, 0.3) is 11.1 Å². The molecule has 0 saturated heterocycles. The molecule has 128 valence electrons. The van der Waals surface area contributed by atoms with E-state index in [-0.39, 0.29) is 9.77 Å². The highest BCUT2D eigenvalue weighted by atomic mass is 32.2. The number of carbonyl (C=O) groups excluding carboxylic acids is 1. The van der Waals surface area contributed by atoms with Gasteiger partial charge in [-0.2, -0.15) is 0 Å². The van der Waals surface area contributed by atoms with E-state index in [2.05, 4.69) is 9.46 Å². The first-order valence-corrected chi connectivity index (χ1v) is 9.72. The fraction of sp³-hybridized carbons (Fsp3) is 0.0556. The highest BCUT2D eigenvalue weighted by molar-refractivity contribution is 7.93. The monoisotopic (exact) mass is 373 g/mol. The molecule has 0 radical (unpaired) electrons. The summed E-state index contributed by atoms with van der Waals surface area (Å²) in [5.41, 5.74) is 2.08. The largest absolute Gasteiger partial charge is 0.465 e. The molecule has 0 atom stereocenters. The lowest BCUT2D eigenvalue weighted by molar-refractivity contribution is 0.0602. The normalized spacial score (nSPS) is 11.1. The summed E-state index contributed by atoms with van der Waals surface area (Å²) >= 11 is 1.03. The fourth-order valence-electron chi connectivity index (χ4n) is 2.39. The van der Waals surface area contributed by atoms with Crippen LogP contribution in [0, 0.1) is 0 Å². The van der Waals surface area contributed by atoms with Gasteiger partial charge in [-0.1, -0.05) is 48.5 Å². The third-order valence-electron chi connectivity index (χ3n) is 3.55. The second-order valence-corrected chi connectivity index (χ2v) is 7.69. The lowest BCUT2D eigenvalue weighted by Crippen LogP contribution is -2.16. The Hall–Kier alpha value is -2.64. The summed E-state index contributed by atoms with van der Waals surface area (Å²) in [5, 5.41) is 1.55. The Balaban J connectivity index is 2.01. The minimum absolute atomic E-state index is 0.0483. The van der Waals surface area contributed by atoms with Crippen molar-refractivity contribution in [1.29, 1.82) is 0 Å². The molecule has 0 amide bonds.